The molecule has 9 heteroatoms. The van der Waals surface area contributed by atoms with Gasteiger partial charge in [0.05, 0.1) is 4.92 Å². The van der Waals surface area contributed by atoms with Crippen LogP contribution in [0.5, 0.6) is 0 Å². The van der Waals surface area contributed by atoms with Gasteiger partial charge in [-0.25, -0.2) is 4.98 Å². The highest BCUT2D eigenvalue weighted by molar-refractivity contribution is 7.18. The predicted molar refractivity (Wildman–Crippen MR) is 81.7 cm³/mol. The van der Waals surface area contributed by atoms with Crippen molar-refractivity contribution in [2.75, 3.05) is 22.9 Å². The minimum atomic E-state index is -0.528. The van der Waals surface area contributed by atoms with E-state index in [0.29, 0.717) is 17.4 Å². The topological polar surface area (TPSA) is 123 Å². The number of hydrogen-bond donors (Lipinski definition) is 3. The highest BCUT2D eigenvalue weighted by Gasteiger charge is 2.17. The highest BCUT2D eigenvalue weighted by atomic mass is 32.1. The van der Waals surface area contributed by atoms with Crippen LogP contribution in [0, 0.1) is 10.1 Å². The third-order valence-corrected chi connectivity index (χ3v) is 3.53. The van der Waals surface area contributed by atoms with Gasteiger partial charge in [0.2, 0.25) is 0 Å². The van der Waals surface area contributed by atoms with E-state index in [2.05, 4.69) is 15.6 Å². The number of benzene rings is 1. The summed E-state index contributed by atoms with van der Waals surface area (Å²) in [5.74, 6) is -0.325. The molecular formula is C12H13N5O3S. The Balaban J connectivity index is 2.18. The monoisotopic (exact) mass is 307 g/mol. The van der Waals surface area contributed by atoms with E-state index in [1.165, 1.54) is 18.2 Å². The molecule has 21 heavy (non-hydrogen) atoms. The average molecular weight is 307 g/mol. The van der Waals surface area contributed by atoms with E-state index in [9.17, 15) is 14.9 Å². The Labute approximate surface area is 124 Å². The summed E-state index contributed by atoms with van der Waals surface area (Å²) in [4.78, 5) is 26.6. The summed E-state index contributed by atoms with van der Waals surface area (Å²) in [5.41, 5.74) is 5.92. The molecule has 0 atom stereocenters. The molecule has 4 N–H and O–H groups in total. The molecule has 1 aromatic carbocycles. The van der Waals surface area contributed by atoms with E-state index in [1.54, 1.807) is 6.07 Å². The summed E-state index contributed by atoms with van der Waals surface area (Å²) in [7, 11) is 0. The van der Waals surface area contributed by atoms with Crippen LogP contribution in [0.3, 0.4) is 0 Å². The van der Waals surface area contributed by atoms with Gasteiger partial charge < -0.3 is 16.4 Å². The lowest BCUT2D eigenvalue weighted by Crippen LogP contribution is -2.12. The van der Waals surface area contributed by atoms with Gasteiger partial charge in [-0.2, -0.15) is 0 Å². The number of anilines is 3. The number of nitrogens with one attached hydrogen (secondary N) is 2. The molecule has 0 radical (unpaired) electrons. The molecule has 0 saturated carbocycles. The standard InChI is InChI=1S/C12H13N5O3S/c1-2-14-12-16-10(13)9(21-12)11(18)15-7-4-3-5-8(6-7)17(19)20/h3-6H,2,13H2,1H3,(H,14,16)(H,15,18). The van der Waals surface area contributed by atoms with Crippen LogP contribution in [0.2, 0.25) is 0 Å². The number of nitro benzene ring substituents is 1. The Morgan fingerprint density at radius 3 is 2.95 bits per heavy atom. The van der Waals surface area contributed by atoms with Gasteiger partial charge in [0.15, 0.2) is 5.13 Å². The molecule has 0 fully saturated rings. The first-order valence-corrected chi connectivity index (χ1v) is 6.89. The SMILES string of the molecule is CCNc1nc(N)c(C(=O)Nc2cccc([N+](=O)[O-])c2)s1. The fraction of sp³-hybridized carbons (Fsp3) is 0.167. The molecule has 0 aliphatic heterocycles. The van der Waals surface area contributed by atoms with Crippen LogP contribution in [0.1, 0.15) is 16.6 Å². The van der Waals surface area contributed by atoms with E-state index in [4.69, 9.17) is 5.73 Å². The zero-order valence-electron chi connectivity index (χ0n) is 11.1. The van der Waals surface area contributed by atoms with E-state index in [0.717, 1.165) is 11.3 Å². The molecule has 8 nitrogen and oxygen atoms in total. The van der Waals surface area contributed by atoms with Crippen LogP contribution in [0.25, 0.3) is 0 Å². The average Bonchev–Trinajstić information content (AvgIpc) is 2.80. The second-order valence-corrected chi connectivity index (χ2v) is 5.02. The number of nitrogens with two attached hydrogens (primary N) is 1. The zero-order chi connectivity index (χ0) is 15.4. The van der Waals surface area contributed by atoms with Crippen molar-refractivity contribution in [3.05, 3.63) is 39.3 Å². The number of nitrogens with zero attached hydrogens (tertiary/aromatic N) is 2. The summed E-state index contributed by atoms with van der Waals surface area (Å²) < 4.78 is 0. The Morgan fingerprint density at radius 1 is 1.52 bits per heavy atom. The summed E-state index contributed by atoms with van der Waals surface area (Å²) in [6.45, 7) is 2.57. The third-order valence-electron chi connectivity index (χ3n) is 2.50. The van der Waals surface area contributed by atoms with Crippen LogP contribution < -0.4 is 16.4 Å². The minimum Gasteiger partial charge on any atom is -0.382 e. The zero-order valence-corrected chi connectivity index (χ0v) is 11.9. The van der Waals surface area contributed by atoms with E-state index in [-0.39, 0.29) is 16.4 Å². The molecule has 0 bridgehead atoms. The maximum absolute atomic E-state index is 12.1. The molecule has 1 aromatic heterocycles. The number of amides is 1. The summed E-state index contributed by atoms with van der Waals surface area (Å²) >= 11 is 1.13. The number of rotatable bonds is 5. The normalized spacial score (nSPS) is 10.1. The number of carbonyl (C=O) groups is 1. The number of nitrogen functional groups attached to an aromatic ring is 1. The lowest BCUT2D eigenvalue weighted by atomic mass is 10.3. The molecule has 110 valence electrons. The number of hydrogen-bond acceptors (Lipinski definition) is 7. The second-order valence-electron chi connectivity index (χ2n) is 4.03. The number of carbonyl (C=O) groups excluding carboxylic acids is 1. The molecule has 0 saturated heterocycles. The predicted octanol–water partition coefficient (Wildman–Crippen LogP) is 2.32. The molecule has 0 spiro atoms. The molecular weight excluding hydrogens is 294 g/mol. The van der Waals surface area contributed by atoms with Gasteiger partial charge in [-0.15, -0.1) is 0 Å². The smallest absolute Gasteiger partial charge is 0.271 e. The molecule has 2 rings (SSSR count). The number of aromatic nitrogens is 1. The van der Waals surface area contributed by atoms with E-state index in [1.807, 2.05) is 6.92 Å². The van der Waals surface area contributed by atoms with Crippen molar-refractivity contribution in [2.45, 2.75) is 6.92 Å². The Kier molecular flexibility index (Phi) is 4.33. The first-order valence-electron chi connectivity index (χ1n) is 6.07. The van der Waals surface area contributed by atoms with Crippen LogP contribution in [0.4, 0.5) is 22.3 Å². The van der Waals surface area contributed by atoms with E-state index >= 15 is 0 Å². The quantitative estimate of drug-likeness (QED) is 0.575. The van der Waals surface area contributed by atoms with Gasteiger partial charge in [0.25, 0.3) is 11.6 Å². The van der Waals surface area contributed by atoms with E-state index < -0.39 is 10.8 Å². The third kappa shape index (κ3) is 3.45. The molecule has 2 aromatic rings. The van der Waals surface area contributed by atoms with Gasteiger partial charge in [-0.05, 0) is 13.0 Å². The van der Waals surface area contributed by atoms with Gasteiger partial charge in [-0.3, -0.25) is 14.9 Å². The van der Waals surface area contributed by atoms with Crippen molar-refractivity contribution >= 4 is 39.6 Å². The van der Waals surface area contributed by atoms with Gasteiger partial charge in [0.1, 0.15) is 10.7 Å². The van der Waals surface area contributed by atoms with Crippen molar-refractivity contribution in [3.63, 3.8) is 0 Å². The Hall–Kier alpha value is -2.68. The van der Waals surface area contributed by atoms with Gasteiger partial charge >= 0.3 is 0 Å². The molecule has 0 aliphatic carbocycles. The largest absolute Gasteiger partial charge is 0.382 e. The Morgan fingerprint density at radius 2 is 2.29 bits per heavy atom. The van der Waals surface area contributed by atoms with Crippen LogP contribution in [0.15, 0.2) is 24.3 Å². The van der Waals surface area contributed by atoms with Gasteiger partial charge in [-0.1, -0.05) is 17.4 Å². The molecule has 1 amide bonds. The highest BCUT2D eigenvalue weighted by Crippen LogP contribution is 2.26. The molecule has 1 heterocycles. The first kappa shape index (κ1) is 14.7. The summed E-state index contributed by atoms with van der Waals surface area (Å²) in [6, 6.07) is 5.68. The maximum atomic E-state index is 12.1. The van der Waals surface area contributed by atoms with Crippen LogP contribution >= 0.6 is 11.3 Å². The van der Waals surface area contributed by atoms with Gasteiger partial charge in [0, 0.05) is 24.4 Å². The number of thiazole rings is 1. The summed E-state index contributed by atoms with van der Waals surface area (Å²) in [5, 5.41) is 16.8. The fourth-order valence-electron chi connectivity index (χ4n) is 1.61. The van der Waals surface area contributed by atoms with Crippen molar-refractivity contribution in [3.8, 4) is 0 Å². The summed E-state index contributed by atoms with van der Waals surface area (Å²) in [6.07, 6.45) is 0. The van der Waals surface area contributed by atoms with Crippen molar-refractivity contribution < 1.29 is 9.72 Å². The lowest BCUT2D eigenvalue weighted by molar-refractivity contribution is -0.384. The Bertz CT molecular complexity index is 685. The van der Waals surface area contributed by atoms with Crippen LogP contribution in [-0.4, -0.2) is 22.4 Å². The molecule has 0 unspecified atom stereocenters. The molecule has 0 aliphatic rings. The number of nitro groups is 1. The number of non-ortho nitro benzene ring substituents is 1. The van der Waals surface area contributed by atoms with Crippen molar-refractivity contribution in [1.82, 2.24) is 4.98 Å². The fourth-order valence-corrected chi connectivity index (χ4v) is 2.45. The lowest BCUT2D eigenvalue weighted by Gasteiger charge is -2.03. The maximum Gasteiger partial charge on any atom is 0.271 e. The minimum absolute atomic E-state index is 0.0987. The first-order chi connectivity index (χ1) is 10.0. The van der Waals surface area contributed by atoms with Crippen molar-refractivity contribution in [2.24, 2.45) is 0 Å². The van der Waals surface area contributed by atoms with Crippen molar-refractivity contribution in [1.29, 1.82) is 0 Å². The second kappa shape index (κ2) is 6.18. The van der Waals surface area contributed by atoms with Crippen LogP contribution in [-0.2, 0) is 0 Å².